The fourth-order valence-electron chi connectivity index (χ4n) is 1.69. The molecule has 0 spiro atoms. The molecule has 114 valence electrons. The van der Waals surface area contributed by atoms with Crippen molar-refractivity contribution in [2.45, 2.75) is 36.9 Å². The molecule has 20 heavy (non-hydrogen) atoms. The standard InChI is InChI=1S/C12H12F6O2/c13-11(14,15)10(20,12(16,17)18)7-9(19)6-8-4-2-1-3-5-8/h1-5,9,19-20H,6-7H2. The number of benzene rings is 1. The maximum atomic E-state index is 12.4. The molecule has 0 bridgehead atoms. The molecule has 0 amide bonds. The van der Waals surface area contributed by atoms with E-state index in [0.717, 1.165) is 0 Å². The van der Waals surface area contributed by atoms with Gasteiger partial charge in [-0.2, -0.15) is 26.3 Å². The minimum absolute atomic E-state index is 0.367. The SMILES string of the molecule is OC(Cc1ccccc1)CC(O)(C(F)(F)F)C(F)(F)F. The number of aliphatic hydroxyl groups excluding tert-OH is 1. The molecule has 8 heteroatoms. The molecule has 2 nitrogen and oxygen atoms in total. The Morgan fingerprint density at radius 1 is 0.900 bits per heavy atom. The molecular weight excluding hydrogens is 290 g/mol. The molecule has 0 saturated heterocycles. The first-order valence-corrected chi connectivity index (χ1v) is 5.55. The minimum Gasteiger partial charge on any atom is -0.393 e. The van der Waals surface area contributed by atoms with Gasteiger partial charge in [0.25, 0.3) is 5.60 Å². The Labute approximate surface area is 110 Å². The van der Waals surface area contributed by atoms with Crippen LogP contribution in [-0.2, 0) is 6.42 Å². The zero-order valence-corrected chi connectivity index (χ0v) is 10.0. The lowest BCUT2D eigenvalue weighted by Crippen LogP contribution is -2.58. The Morgan fingerprint density at radius 2 is 1.35 bits per heavy atom. The van der Waals surface area contributed by atoms with Gasteiger partial charge >= 0.3 is 12.4 Å². The van der Waals surface area contributed by atoms with Crippen LogP contribution in [0.5, 0.6) is 0 Å². The van der Waals surface area contributed by atoms with E-state index in [1.165, 1.54) is 24.3 Å². The van der Waals surface area contributed by atoms with Gasteiger partial charge in [-0.15, -0.1) is 0 Å². The number of rotatable bonds is 4. The highest BCUT2D eigenvalue weighted by atomic mass is 19.4. The van der Waals surface area contributed by atoms with Crippen LogP contribution < -0.4 is 0 Å². The fraction of sp³-hybridized carbons (Fsp3) is 0.500. The Morgan fingerprint density at radius 3 is 1.75 bits per heavy atom. The molecule has 1 aromatic rings. The van der Waals surface area contributed by atoms with Crippen molar-refractivity contribution in [3.8, 4) is 0 Å². The lowest BCUT2D eigenvalue weighted by Gasteiger charge is -2.33. The van der Waals surface area contributed by atoms with Gasteiger partial charge in [0.05, 0.1) is 6.10 Å². The van der Waals surface area contributed by atoms with Crippen molar-refractivity contribution in [3.63, 3.8) is 0 Å². The third kappa shape index (κ3) is 3.63. The molecule has 0 aliphatic rings. The summed E-state index contributed by atoms with van der Waals surface area (Å²) in [6, 6.07) is 7.56. The number of hydrogen-bond donors (Lipinski definition) is 2. The molecule has 0 radical (unpaired) electrons. The average Bonchev–Trinajstić information content (AvgIpc) is 2.26. The Balaban J connectivity index is 2.87. The van der Waals surface area contributed by atoms with E-state index in [9.17, 15) is 31.4 Å². The Hall–Kier alpha value is -1.28. The van der Waals surface area contributed by atoms with E-state index in [1.807, 2.05) is 0 Å². The molecule has 0 aliphatic carbocycles. The van der Waals surface area contributed by atoms with Crippen LogP contribution >= 0.6 is 0 Å². The molecule has 1 atom stereocenters. The zero-order valence-electron chi connectivity index (χ0n) is 10.0. The number of aliphatic hydroxyl groups is 2. The summed E-state index contributed by atoms with van der Waals surface area (Å²) in [7, 11) is 0. The molecule has 0 aromatic heterocycles. The van der Waals surface area contributed by atoms with Gasteiger partial charge < -0.3 is 10.2 Å². The van der Waals surface area contributed by atoms with Crippen LogP contribution in [0, 0.1) is 0 Å². The second-order valence-electron chi connectivity index (χ2n) is 4.40. The summed E-state index contributed by atoms with van der Waals surface area (Å²) in [5.74, 6) is 0. The molecule has 1 aromatic carbocycles. The lowest BCUT2D eigenvalue weighted by atomic mass is 9.91. The maximum absolute atomic E-state index is 12.4. The van der Waals surface area contributed by atoms with Crippen molar-refractivity contribution in [3.05, 3.63) is 35.9 Å². The lowest BCUT2D eigenvalue weighted by molar-refractivity contribution is -0.373. The first kappa shape index (κ1) is 16.8. The molecule has 1 unspecified atom stereocenters. The van der Waals surface area contributed by atoms with E-state index < -0.39 is 36.9 Å². The van der Waals surface area contributed by atoms with Gasteiger partial charge in [-0.3, -0.25) is 0 Å². The van der Waals surface area contributed by atoms with Gasteiger partial charge in [0.1, 0.15) is 0 Å². The van der Waals surface area contributed by atoms with Gasteiger partial charge in [-0.05, 0) is 12.0 Å². The minimum atomic E-state index is -5.91. The zero-order chi connectivity index (χ0) is 15.6. The van der Waals surface area contributed by atoms with Crippen LogP contribution in [-0.4, -0.2) is 34.3 Å². The molecular formula is C12H12F6O2. The van der Waals surface area contributed by atoms with Crippen molar-refractivity contribution in [2.75, 3.05) is 0 Å². The molecule has 1 rings (SSSR count). The average molecular weight is 302 g/mol. The van der Waals surface area contributed by atoms with Crippen LogP contribution in [0.25, 0.3) is 0 Å². The summed E-state index contributed by atoms with van der Waals surface area (Å²) in [5, 5.41) is 18.3. The van der Waals surface area contributed by atoms with Gasteiger partial charge in [0, 0.05) is 6.42 Å². The van der Waals surface area contributed by atoms with Crippen LogP contribution in [0.4, 0.5) is 26.3 Å². The predicted octanol–water partition coefficient (Wildman–Crippen LogP) is 2.84. The molecule has 0 aliphatic heterocycles. The van der Waals surface area contributed by atoms with Crippen molar-refractivity contribution < 1.29 is 36.6 Å². The Kier molecular flexibility index (Phi) is 4.70. The Bertz CT molecular complexity index is 412. The summed E-state index contributed by atoms with van der Waals surface area (Å²) in [4.78, 5) is 0. The van der Waals surface area contributed by atoms with Crippen molar-refractivity contribution >= 4 is 0 Å². The van der Waals surface area contributed by atoms with Crippen molar-refractivity contribution in [2.24, 2.45) is 0 Å². The van der Waals surface area contributed by atoms with Gasteiger partial charge in [-0.25, -0.2) is 0 Å². The summed E-state index contributed by atoms with van der Waals surface area (Å²) in [6.07, 6.45) is -16.1. The summed E-state index contributed by atoms with van der Waals surface area (Å²) in [6.45, 7) is 0. The fourth-order valence-corrected chi connectivity index (χ4v) is 1.69. The quantitative estimate of drug-likeness (QED) is 0.840. The first-order valence-electron chi connectivity index (χ1n) is 5.55. The van der Waals surface area contributed by atoms with Crippen LogP contribution in [0.2, 0.25) is 0 Å². The van der Waals surface area contributed by atoms with Crippen molar-refractivity contribution in [1.82, 2.24) is 0 Å². The highest BCUT2D eigenvalue weighted by molar-refractivity contribution is 5.15. The predicted molar refractivity (Wildman–Crippen MR) is 57.8 cm³/mol. The van der Waals surface area contributed by atoms with Crippen LogP contribution in [0.15, 0.2) is 30.3 Å². The third-order valence-corrected chi connectivity index (χ3v) is 2.78. The molecule has 0 heterocycles. The molecule has 0 saturated carbocycles. The van der Waals surface area contributed by atoms with Gasteiger partial charge in [-0.1, -0.05) is 30.3 Å². The van der Waals surface area contributed by atoms with Crippen LogP contribution in [0.3, 0.4) is 0 Å². The molecule has 2 N–H and O–H groups in total. The normalized spacial score (nSPS) is 15.2. The topological polar surface area (TPSA) is 40.5 Å². The maximum Gasteiger partial charge on any atom is 0.426 e. The second kappa shape index (κ2) is 5.61. The highest BCUT2D eigenvalue weighted by Crippen LogP contribution is 2.45. The third-order valence-electron chi connectivity index (χ3n) is 2.78. The van der Waals surface area contributed by atoms with E-state index in [-0.39, 0.29) is 0 Å². The van der Waals surface area contributed by atoms with Gasteiger partial charge in [0.15, 0.2) is 0 Å². The van der Waals surface area contributed by atoms with Crippen LogP contribution in [0.1, 0.15) is 12.0 Å². The first-order chi connectivity index (χ1) is 8.97. The van der Waals surface area contributed by atoms with E-state index in [1.54, 1.807) is 6.07 Å². The summed E-state index contributed by atoms with van der Waals surface area (Å²) >= 11 is 0. The van der Waals surface area contributed by atoms with E-state index in [0.29, 0.717) is 5.56 Å². The van der Waals surface area contributed by atoms with Crippen molar-refractivity contribution in [1.29, 1.82) is 0 Å². The molecule has 0 fully saturated rings. The summed E-state index contributed by atoms with van der Waals surface area (Å²) in [5.41, 5.74) is -4.56. The second-order valence-corrected chi connectivity index (χ2v) is 4.40. The van der Waals surface area contributed by atoms with E-state index in [2.05, 4.69) is 0 Å². The number of alkyl halides is 6. The monoisotopic (exact) mass is 302 g/mol. The van der Waals surface area contributed by atoms with Gasteiger partial charge in [0.2, 0.25) is 0 Å². The van der Waals surface area contributed by atoms with E-state index in [4.69, 9.17) is 5.11 Å². The largest absolute Gasteiger partial charge is 0.426 e. The number of halogens is 6. The highest BCUT2D eigenvalue weighted by Gasteiger charge is 2.70. The smallest absolute Gasteiger partial charge is 0.393 e. The number of hydrogen-bond acceptors (Lipinski definition) is 2. The summed E-state index contributed by atoms with van der Waals surface area (Å²) < 4.78 is 74.5. The van der Waals surface area contributed by atoms with E-state index >= 15 is 0 Å².